The van der Waals surface area contributed by atoms with E-state index in [-0.39, 0.29) is 5.56 Å². The summed E-state index contributed by atoms with van der Waals surface area (Å²) in [5.74, 6) is -0.961. The Morgan fingerprint density at radius 3 is 2.78 bits per heavy atom. The second kappa shape index (κ2) is 5.58. The summed E-state index contributed by atoms with van der Waals surface area (Å²) in [6, 6.07) is 10.1. The highest BCUT2D eigenvalue weighted by Gasteiger charge is 2.01. The summed E-state index contributed by atoms with van der Waals surface area (Å²) in [4.78, 5) is 14.7. The van der Waals surface area contributed by atoms with Crippen LogP contribution in [0.1, 0.15) is 15.9 Å². The molecule has 0 saturated carbocycles. The highest BCUT2D eigenvalue weighted by molar-refractivity contribution is 5.88. The Bertz CT molecular complexity index is 567. The van der Waals surface area contributed by atoms with E-state index in [1.807, 2.05) is 12.1 Å². The van der Waals surface area contributed by atoms with Crippen molar-refractivity contribution >= 4 is 17.9 Å². The molecule has 0 fully saturated rings. The van der Waals surface area contributed by atoms with E-state index in [1.54, 1.807) is 30.7 Å². The molecule has 5 heteroatoms. The average Bonchev–Trinajstić information content (AvgIpc) is 2.40. The molecule has 0 aliphatic carbocycles. The molecule has 0 aliphatic heterocycles. The highest BCUT2D eigenvalue weighted by atomic mass is 16.4. The molecule has 1 aromatic heterocycles. The minimum absolute atomic E-state index is 0.221. The Kier molecular flexibility index (Phi) is 3.66. The van der Waals surface area contributed by atoms with E-state index in [4.69, 9.17) is 5.11 Å². The number of carboxylic acid groups (broad SMARTS) is 1. The van der Waals surface area contributed by atoms with Crippen LogP contribution < -0.4 is 5.43 Å². The van der Waals surface area contributed by atoms with Crippen molar-refractivity contribution < 1.29 is 9.90 Å². The summed E-state index contributed by atoms with van der Waals surface area (Å²) in [7, 11) is 0. The van der Waals surface area contributed by atoms with Gasteiger partial charge < -0.3 is 5.11 Å². The smallest absolute Gasteiger partial charge is 0.335 e. The van der Waals surface area contributed by atoms with Crippen molar-refractivity contribution in [3.8, 4) is 0 Å². The van der Waals surface area contributed by atoms with Gasteiger partial charge in [0.2, 0.25) is 0 Å². The number of anilines is 1. The number of carboxylic acids is 1. The van der Waals surface area contributed by atoms with Gasteiger partial charge in [0.05, 0.1) is 17.5 Å². The standard InChI is InChI=1S/C13H11N3O2/c17-13(18)11-2-1-3-12(8-11)16-15-9-10-4-6-14-7-5-10/h1-9,16H,(H,17,18). The Morgan fingerprint density at radius 2 is 2.06 bits per heavy atom. The number of aromatic carboxylic acids is 1. The number of nitrogens with zero attached hydrogens (tertiary/aromatic N) is 2. The number of benzene rings is 1. The summed E-state index contributed by atoms with van der Waals surface area (Å²) in [6.45, 7) is 0. The number of pyridine rings is 1. The van der Waals surface area contributed by atoms with Crippen molar-refractivity contribution in [3.05, 3.63) is 59.9 Å². The van der Waals surface area contributed by atoms with Crippen LogP contribution in [0.25, 0.3) is 0 Å². The van der Waals surface area contributed by atoms with Gasteiger partial charge in [-0.05, 0) is 35.9 Å². The van der Waals surface area contributed by atoms with Crippen molar-refractivity contribution in [2.75, 3.05) is 5.43 Å². The normalized spacial score (nSPS) is 10.4. The summed E-state index contributed by atoms with van der Waals surface area (Å²) >= 11 is 0. The van der Waals surface area contributed by atoms with Gasteiger partial charge in [-0.2, -0.15) is 5.10 Å². The number of rotatable bonds is 4. The molecule has 0 aliphatic rings. The van der Waals surface area contributed by atoms with Crippen LogP contribution >= 0.6 is 0 Å². The second-order valence-corrected chi connectivity index (χ2v) is 3.54. The number of hydrogen-bond acceptors (Lipinski definition) is 4. The van der Waals surface area contributed by atoms with Crippen LogP contribution in [0.15, 0.2) is 53.9 Å². The first-order valence-corrected chi connectivity index (χ1v) is 5.28. The number of carbonyl (C=O) groups is 1. The summed E-state index contributed by atoms with van der Waals surface area (Å²) < 4.78 is 0. The molecule has 1 aromatic carbocycles. The zero-order valence-corrected chi connectivity index (χ0v) is 9.45. The van der Waals surface area contributed by atoms with Crippen LogP contribution in [0.4, 0.5) is 5.69 Å². The molecule has 1 heterocycles. The minimum atomic E-state index is -0.961. The van der Waals surface area contributed by atoms with Gasteiger partial charge in [0, 0.05) is 12.4 Å². The summed E-state index contributed by atoms with van der Waals surface area (Å²) in [5.41, 5.74) is 4.53. The molecular weight excluding hydrogens is 230 g/mol. The fourth-order valence-corrected chi connectivity index (χ4v) is 1.35. The van der Waals surface area contributed by atoms with Gasteiger partial charge in [-0.3, -0.25) is 10.4 Å². The molecule has 0 atom stereocenters. The predicted octanol–water partition coefficient (Wildman–Crippen LogP) is 2.23. The third-order valence-corrected chi connectivity index (χ3v) is 2.22. The Balaban J connectivity index is 2.04. The van der Waals surface area contributed by atoms with E-state index in [9.17, 15) is 4.79 Å². The molecule has 2 aromatic rings. The molecule has 0 bridgehead atoms. The molecule has 0 saturated heterocycles. The molecule has 5 nitrogen and oxygen atoms in total. The lowest BCUT2D eigenvalue weighted by Gasteiger charge is -2.01. The van der Waals surface area contributed by atoms with E-state index in [1.165, 1.54) is 12.1 Å². The van der Waals surface area contributed by atoms with Gasteiger partial charge in [0.25, 0.3) is 0 Å². The Morgan fingerprint density at radius 1 is 1.28 bits per heavy atom. The van der Waals surface area contributed by atoms with Crippen molar-refractivity contribution in [1.82, 2.24) is 4.98 Å². The minimum Gasteiger partial charge on any atom is -0.478 e. The van der Waals surface area contributed by atoms with Crippen molar-refractivity contribution in [3.63, 3.8) is 0 Å². The van der Waals surface area contributed by atoms with Crippen LogP contribution in [-0.2, 0) is 0 Å². The lowest BCUT2D eigenvalue weighted by atomic mass is 10.2. The van der Waals surface area contributed by atoms with Gasteiger partial charge >= 0.3 is 5.97 Å². The number of nitrogens with one attached hydrogen (secondary N) is 1. The maximum Gasteiger partial charge on any atom is 0.335 e. The van der Waals surface area contributed by atoms with E-state index in [2.05, 4.69) is 15.5 Å². The van der Waals surface area contributed by atoms with E-state index in [0.717, 1.165) is 5.56 Å². The second-order valence-electron chi connectivity index (χ2n) is 3.54. The molecular formula is C13H11N3O2. The Labute approximate surface area is 104 Å². The lowest BCUT2D eigenvalue weighted by molar-refractivity contribution is 0.0697. The molecule has 90 valence electrons. The number of hydrogen-bond donors (Lipinski definition) is 2. The molecule has 2 N–H and O–H groups in total. The fraction of sp³-hybridized carbons (Fsp3) is 0. The van der Waals surface area contributed by atoms with Crippen molar-refractivity contribution in [2.24, 2.45) is 5.10 Å². The third-order valence-electron chi connectivity index (χ3n) is 2.22. The predicted molar refractivity (Wildman–Crippen MR) is 68.9 cm³/mol. The van der Waals surface area contributed by atoms with Gasteiger partial charge in [-0.1, -0.05) is 6.07 Å². The van der Waals surface area contributed by atoms with E-state index < -0.39 is 5.97 Å². The molecule has 0 radical (unpaired) electrons. The fourth-order valence-electron chi connectivity index (χ4n) is 1.35. The first-order valence-electron chi connectivity index (χ1n) is 5.28. The average molecular weight is 241 g/mol. The van der Waals surface area contributed by atoms with Crippen LogP contribution in [0, 0.1) is 0 Å². The Hall–Kier alpha value is -2.69. The van der Waals surface area contributed by atoms with Crippen LogP contribution in [0.5, 0.6) is 0 Å². The van der Waals surface area contributed by atoms with Crippen molar-refractivity contribution in [2.45, 2.75) is 0 Å². The number of hydrazone groups is 1. The first-order chi connectivity index (χ1) is 8.75. The third kappa shape index (κ3) is 3.15. The lowest BCUT2D eigenvalue weighted by Crippen LogP contribution is -1.97. The SMILES string of the molecule is O=C(O)c1cccc(NN=Cc2ccncc2)c1. The van der Waals surface area contributed by atoms with Gasteiger partial charge in [-0.25, -0.2) is 4.79 Å². The topological polar surface area (TPSA) is 74.6 Å². The first kappa shape index (κ1) is 11.8. The zero-order chi connectivity index (χ0) is 12.8. The number of aromatic nitrogens is 1. The van der Waals surface area contributed by atoms with Crippen LogP contribution in [-0.4, -0.2) is 22.3 Å². The summed E-state index contributed by atoms with van der Waals surface area (Å²) in [5, 5.41) is 12.9. The van der Waals surface area contributed by atoms with E-state index >= 15 is 0 Å². The monoisotopic (exact) mass is 241 g/mol. The van der Waals surface area contributed by atoms with E-state index in [0.29, 0.717) is 5.69 Å². The molecule has 2 rings (SSSR count). The quantitative estimate of drug-likeness (QED) is 0.635. The summed E-state index contributed by atoms with van der Waals surface area (Å²) in [6.07, 6.45) is 4.98. The molecule has 18 heavy (non-hydrogen) atoms. The van der Waals surface area contributed by atoms with Gasteiger partial charge in [0.15, 0.2) is 0 Å². The maximum absolute atomic E-state index is 10.8. The molecule has 0 unspecified atom stereocenters. The van der Waals surface area contributed by atoms with Gasteiger partial charge in [0.1, 0.15) is 0 Å². The highest BCUT2D eigenvalue weighted by Crippen LogP contribution is 2.10. The zero-order valence-electron chi connectivity index (χ0n) is 9.45. The molecule has 0 spiro atoms. The van der Waals surface area contributed by atoms with Crippen molar-refractivity contribution in [1.29, 1.82) is 0 Å². The van der Waals surface area contributed by atoms with Crippen LogP contribution in [0.2, 0.25) is 0 Å². The van der Waals surface area contributed by atoms with Gasteiger partial charge in [-0.15, -0.1) is 0 Å². The molecule has 0 amide bonds. The maximum atomic E-state index is 10.8. The van der Waals surface area contributed by atoms with Crippen LogP contribution in [0.3, 0.4) is 0 Å². The largest absolute Gasteiger partial charge is 0.478 e.